The van der Waals surface area contributed by atoms with Crippen LogP contribution in [-0.2, 0) is 54.1 Å². The Hall–Kier alpha value is -4.30. The van der Waals surface area contributed by atoms with E-state index in [0.717, 1.165) is 23.7 Å². The molecule has 4 aromatic rings. The van der Waals surface area contributed by atoms with Gasteiger partial charge in [-0.1, -0.05) is 6.07 Å². The van der Waals surface area contributed by atoms with Crippen LogP contribution in [0.1, 0.15) is 41.3 Å². The third kappa shape index (κ3) is 7.98. The van der Waals surface area contributed by atoms with Crippen LogP contribution in [0.2, 0.25) is 0 Å². The number of nitrogens with one attached hydrogen (secondary N) is 1. The molecule has 2 aliphatic rings. The zero-order chi connectivity index (χ0) is 38.4. The van der Waals surface area contributed by atoms with Gasteiger partial charge < -0.3 is 25.3 Å². The second kappa shape index (κ2) is 14.8. The SMILES string of the molecule is CN(C)c1ccc2c(n1)n(C1CCN(CC(O)Cn3nc(-c4ccc(C(F)(F)F)c(CNC(=O)CO)c4)c4c3CCN(S(C)(=O)=O)C4)CC1)c(=O)n2C. The van der Waals surface area contributed by atoms with Gasteiger partial charge in [0.1, 0.15) is 12.4 Å². The quantitative estimate of drug-likeness (QED) is 0.203. The van der Waals surface area contributed by atoms with E-state index >= 15 is 0 Å². The number of alkyl halides is 3. The van der Waals surface area contributed by atoms with Crippen molar-refractivity contribution in [3.8, 4) is 11.3 Å². The van der Waals surface area contributed by atoms with Gasteiger partial charge in [0.05, 0.1) is 35.7 Å². The molecule has 0 spiro atoms. The number of carbonyl (C=O) groups is 1. The summed E-state index contributed by atoms with van der Waals surface area (Å²) >= 11 is 0. The molecule has 19 heteroatoms. The van der Waals surface area contributed by atoms with E-state index in [1.165, 1.54) is 16.4 Å². The molecule has 3 aromatic heterocycles. The number of hydrogen-bond acceptors (Lipinski definition) is 10. The first-order valence-electron chi connectivity index (χ1n) is 17.2. The minimum absolute atomic E-state index is 0.0524. The highest BCUT2D eigenvalue weighted by atomic mass is 32.2. The number of anilines is 1. The number of aliphatic hydroxyl groups is 2. The van der Waals surface area contributed by atoms with Crippen LogP contribution in [0.15, 0.2) is 35.1 Å². The number of sulfonamides is 1. The molecule has 5 heterocycles. The Balaban J connectivity index is 1.22. The molecule has 6 rings (SSSR count). The van der Waals surface area contributed by atoms with Gasteiger partial charge >= 0.3 is 11.9 Å². The smallest absolute Gasteiger partial charge is 0.390 e. The van der Waals surface area contributed by atoms with Crippen LogP contribution in [0.3, 0.4) is 0 Å². The van der Waals surface area contributed by atoms with Crippen LogP contribution < -0.4 is 15.9 Å². The molecule has 2 aliphatic heterocycles. The lowest BCUT2D eigenvalue weighted by molar-refractivity contribution is -0.138. The van der Waals surface area contributed by atoms with Crippen LogP contribution in [0, 0.1) is 0 Å². The molecule has 15 nitrogen and oxygen atoms in total. The van der Waals surface area contributed by atoms with E-state index in [2.05, 4.69) is 10.2 Å². The van der Waals surface area contributed by atoms with E-state index in [1.54, 1.807) is 20.9 Å². The fourth-order valence-corrected chi connectivity index (χ4v) is 8.05. The highest BCUT2D eigenvalue weighted by Crippen LogP contribution is 2.37. The van der Waals surface area contributed by atoms with Gasteiger partial charge in [0.15, 0.2) is 5.65 Å². The fraction of sp³-hybridized carbons (Fsp3) is 0.529. The molecule has 3 N–H and O–H groups in total. The van der Waals surface area contributed by atoms with E-state index in [1.807, 2.05) is 31.1 Å². The normalized spacial score (nSPS) is 16.9. The van der Waals surface area contributed by atoms with Crippen LogP contribution in [0.4, 0.5) is 19.0 Å². The Morgan fingerprint density at radius 1 is 1.11 bits per heavy atom. The number of fused-ring (bicyclic) bond motifs is 2. The van der Waals surface area contributed by atoms with Crippen molar-refractivity contribution in [1.29, 1.82) is 0 Å². The van der Waals surface area contributed by atoms with Crippen molar-refractivity contribution in [2.75, 3.05) is 58.0 Å². The molecule has 0 bridgehead atoms. The molecule has 1 atom stereocenters. The zero-order valence-corrected chi connectivity index (χ0v) is 30.8. The van der Waals surface area contributed by atoms with Crippen LogP contribution in [-0.4, -0.2) is 117 Å². The van der Waals surface area contributed by atoms with Crippen molar-refractivity contribution in [1.82, 2.24) is 38.4 Å². The summed E-state index contributed by atoms with van der Waals surface area (Å²) in [4.78, 5) is 33.7. The summed E-state index contributed by atoms with van der Waals surface area (Å²) in [6, 6.07) is 7.10. The van der Waals surface area contributed by atoms with Crippen molar-refractivity contribution in [2.45, 2.75) is 57.2 Å². The molecule has 1 fully saturated rings. The number of likely N-dealkylation sites (tertiary alicyclic amines) is 1. The maximum Gasteiger partial charge on any atom is 0.416 e. The topological polar surface area (TPSA) is 171 Å². The number of carbonyl (C=O) groups excluding carboxylic acids is 1. The molecule has 0 radical (unpaired) electrons. The molecule has 0 saturated carbocycles. The minimum Gasteiger partial charge on any atom is -0.390 e. The number of aryl methyl sites for hydroxylation is 1. The molecule has 1 aromatic carbocycles. The Morgan fingerprint density at radius 3 is 2.47 bits per heavy atom. The zero-order valence-electron chi connectivity index (χ0n) is 30.0. The summed E-state index contributed by atoms with van der Waals surface area (Å²) in [6.45, 7) is 0.317. The van der Waals surface area contributed by atoms with Crippen molar-refractivity contribution < 1.29 is 36.6 Å². The lowest BCUT2D eigenvalue weighted by Crippen LogP contribution is -2.42. The van der Waals surface area contributed by atoms with Crippen molar-refractivity contribution in [2.24, 2.45) is 7.05 Å². The number of β-amino-alcohol motifs (C(OH)–C–C–N with tert-alkyl or cyclic N) is 1. The van der Waals surface area contributed by atoms with E-state index in [9.17, 15) is 36.3 Å². The summed E-state index contributed by atoms with van der Waals surface area (Å²) in [7, 11) is 1.91. The van der Waals surface area contributed by atoms with Gasteiger partial charge in [0.2, 0.25) is 15.9 Å². The first-order chi connectivity index (χ1) is 25.0. The first kappa shape index (κ1) is 38.4. The Kier molecular flexibility index (Phi) is 10.8. The number of halogens is 3. The van der Waals surface area contributed by atoms with Gasteiger partial charge in [-0.2, -0.15) is 22.6 Å². The van der Waals surface area contributed by atoms with Crippen molar-refractivity contribution in [3.63, 3.8) is 0 Å². The van der Waals surface area contributed by atoms with Gasteiger partial charge in [-0.25, -0.2) is 18.2 Å². The number of pyridine rings is 1. The van der Waals surface area contributed by atoms with Gasteiger partial charge in [-0.05, 0) is 42.7 Å². The summed E-state index contributed by atoms with van der Waals surface area (Å²) in [5.41, 5.74) is 1.78. The molecule has 0 aliphatic carbocycles. The average molecular weight is 764 g/mol. The Bertz CT molecular complexity index is 2170. The van der Waals surface area contributed by atoms with E-state index in [-0.39, 0.29) is 54.6 Å². The number of hydrogen-bond donors (Lipinski definition) is 3. The number of nitrogens with zero attached hydrogens (tertiary/aromatic N) is 8. The Morgan fingerprint density at radius 2 is 1.83 bits per heavy atom. The molecular formula is C34H44F3N9O6S. The van der Waals surface area contributed by atoms with E-state index < -0.39 is 46.9 Å². The number of amides is 1. The number of aliphatic hydroxyl groups excluding tert-OH is 2. The van der Waals surface area contributed by atoms with Crippen molar-refractivity contribution in [3.05, 3.63) is 63.2 Å². The average Bonchev–Trinajstić information content (AvgIpc) is 3.59. The number of imidazole rings is 1. The number of benzene rings is 1. The van der Waals surface area contributed by atoms with Crippen LogP contribution in [0.5, 0.6) is 0 Å². The molecule has 1 saturated heterocycles. The standard InChI is InChI=1S/C34H44F3N9O6S/c1-41(2)29-8-7-28-32(39-29)46(33(50)42(28)3)23-9-12-43(13-10-23)17-24(48)18-45-27-11-14-44(53(4,51)52)19-25(27)31(40-45)21-5-6-26(34(35,36)37)22(15-21)16-38-30(49)20-47/h5-8,15,23-24,47-48H,9-14,16-20H2,1-4H3,(H,38,49). The van der Waals surface area contributed by atoms with Gasteiger partial charge in [0, 0.05) is 89.7 Å². The predicted octanol–water partition coefficient (Wildman–Crippen LogP) is 1.31. The summed E-state index contributed by atoms with van der Waals surface area (Å²) in [6.07, 6.45) is -2.92. The van der Waals surface area contributed by atoms with Gasteiger partial charge in [0.25, 0.3) is 0 Å². The van der Waals surface area contributed by atoms with Crippen LogP contribution in [0.25, 0.3) is 22.4 Å². The molecular weight excluding hydrogens is 719 g/mol. The summed E-state index contributed by atoms with van der Waals surface area (Å²) in [5, 5.41) is 27.4. The van der Waals surface area contributed by atoms with Gasteiger partial charge in [-0.3, -0.25) is 18.6 Å². The minimum atomic E-state index is -4.72. The van der Waals surface area contributed by atoms with Crippen molar-refractivity contribution >= 4 is 32.9 Å². The Labute approximate surface area is 304 Å². The number of rotatable bonds is 11. The third-order valence-electron chi connectivity index (χ3n) is 10.0. The fourth-order valence-electron chi connectivity index (χ4n) is 7.26. The molecule has 1 unspecified atom stereocenters. The number of piperidine rings is 1. The monoisotopic (exact) mass is 763 g/mol. The highest BCUT2D eigenvalue weighted by Gasteiger charge is 2.35. The second-order valence-corrected chi connectivity index (χ2v) is 15.9. The second-order valence-electron chi connectivity index (χ2n) is 13.9. The van der Waals surface area contributed by atoms with E-state index in [4.69, 9.17) is 15.2 Å². The molecule has 288 valence electrons. The largest absolute Gasteiger partial charge is 0.416 e. The van der Waals surface area contributed by atoms with Crippen LogP contribution >= 0.6 is 0 Å². The maximum absolute atomic E-state index is 13.9. The number of aromatic nitrogens is 5. The predicted molar refractivity (Wildman–Crippen MR) is 191 cm³/mol. The molecule has 53 heavy (non-hydrogen) atoms. The summed E-state index contributed by atoms with van der Waals surface area (Å²) < 4.78 is 73.0. The lowest BCUT2D eigenvalue weighted by atomic mass is 9.97. The van der Waals surface area contributed by atoms with Gasteiger partial charge in [-0.15, -0.1) is 0 Å². The first-order valence-corrected chi connectivity index (χ1v) is 19.1. The third-order valence-corrected chi connectivity index (χ3v) is 11.3. The van der Waals surface area contributed by atoms with E-state index in [0.29, 0.717) is 49.4 Å². The molecule has 1 amide bonds. The lowest BCUT2D eigenvalue weighted by Gasteiger charge is -2.33. The maximum atomic E-state index is 13.9. The highest BCUT2D eigenvalue weighted by molar-refractivity contribution is 7.88. The summed E-state index contributed by atoms with van der Waals surface area (Å²) in [5.74, 6) is -0.0963.